The van der Waals surface area contributed by atoms with Crippen LogP contribution in [0.15, 0.2) is 18.2 Å². The third-order valence-electron chi connectivity index (χ3n) is 4.23. The number of ether oxygens (including phenoxy) is 1. The Bertz CT molecular complexity index is 402. The van der Waals surface area contributed by atoms with Crippen molar-refractivity contribution < 1.29 is 4.74 Å². The predicted octanol–water partition coefficient (Wildman–Crippen LogP) is 2.78. The maximum atomic E-state index is 5.90. The van der Waals surface area contributed by atoms with E-state index in [2.05, 4.69) is 24.4 Å². The number of rotatable bonds is 7. The molecule has 3 heteroatoms. The van der Waals surface area contributed by atoms with Gasteiger partial charge in [-0.3, -0.25) is 0 Å². The van der Waals surface area contributed by atoms with E-state index >= 15 is 0 Å². The Hall–Kier alpha value is -1.06. The van der Waals surface area contributed by atoms with Gasteiger partial charge in [0.15, 0.2) is 0 Å². The lowest BCUT2D eigenvalue weighted by molar-refractivity contribution is 0.288. The number of hydrogen-bond acceptors (Lipinski definition) is 3. The highest BCUT2D eigenvalue weighted by atomic mass is 16.5. The standard InChI is InChI=1S/C16H26N2O/c1-12-10-14(6-7-16(12)19-2)15(11-17)18-9-8-13-4-3-5-13/h6-7,10,13,15,18H,3-5,8-9,11,17H2,1-2H3. The van der Waals surface area contributed by atoms with E-state index in [0.29, 0.717) is 6.54 Å². The minimum atomic E-state index is 0.254. The lowest BCUT2D eigenvalue weighted by Gasteiger charge is -2.26. The number of aryl methyl sites for hydroxylation is 1. The van der Waals surface area contributed by atoms with Gasteiger partial charge in [-0.25, -0.2) is 0 Å². The van der Waals surface area contributed by atoms with Crippen LogP contribution >= 0.6 is 0 Å². The molecule has 1 atom stereocenters. The van der Waals surface area contributed by atoms with Gasteiger partial charge >= 0.3 is 0 Å². The van der Waals surface area contributed by atoms with Gasteiger partial charge in [-0.2, -0.15) is 0 Å². The molecule has 19 heavy (non-hydrogen) atoms. The van der Waals surface area contributed by atoms with Gasteiger partial charge in [0, 0.05) is 12.6 Å². The quantitative estimate of drug-likeness (QED) is 0.794. The highest BCUT2D eigenvalue weighted by Gasteiger charge is 2.17. The molecule has 0 aromatic heterocycles. The molecule has 0 aliphatic heterocycles. The summed E-state index contributed by atoms with van der Waals surface area (Å²) in [6, 6.07) is 6.57. The Kier molecular flexibility index (Phi) is 5.23. The molecule has 1 aliphatic rings. The predicted molar refractivity (Wildman–Crippen MR) is 79.5 cm³/mol. The van der Waals surface area contributed by atoms with Gasteiger partial charge in [0.05, 0.1) is 7.11 Å². The van der Waals surface area contributed by atoms with Crippen molar-refractivity contribution in [3.05, 3.63) is 29.3 Å². The second kappa shape index (κ2) is 6.92. The van der Waals surface area contributed by atoms with Crippen molar-refractivity contribution in [1.29, 1.82) is 0 Å². The van der Waals surface area contributed by atoms with E-state index in [1.807, 2.05) is 6.07 Å². The number of hydrogen-bond donors (Lipinski definition) is 2. The SMILES string of the molecule is COc1ccc(C(CN)NCCC2CCC2)cc1C. The van der Waals surface area contributed by atoms with Gasteiger partial charge in [0.25, 0.3) is 0 Å². The lowest BCUT2D eigenvalue weighted by Crippen LogP contribution is -2.30. The van der Waals surface area contributed by atoms with Gasteiger partial charge < -0.3 is 15.8 Å². The zero-order chi connectivity index (χ0) is 13.7. The molecule has 1 aromatic carbocycles. The molecule has 1 saturated carbocycles. The summed E-state index contributed by atoms with van der Waals surface area (Å²) in [7, 11) is 1.71. The normalized spacial score (nSPS) is 17.0. The second-order valence-electron chi connectivity index (χ2n) is 5.56. The zero-order valence-corrected chi connectivity index (χ0v) is 12.1. The molecule has 0 radical (unpaired) electrons. The van der Waals surface area contributed by atoms with E-state index in [9.17, 15) is 0 Å². The molecule has 2 rings (SSSR count). The Morgan fingerprint density at radius 3 is 2.74 bits per heavy atom. The van der Waals surface area contributed by atoms with Crippen LogP contribution in [0.2, 0.25) is 0 Å². The first-order valence-electron chi connectivity index (χ1n) is 7.32. The summed E-state index contributed by atoms with van der Waals surface area (Å²) in [5.41, 5.74) is 8.32. The van der Waals surface area contributed by atoms with Gasteiger partial charge in [-0.1, -0.05) is 31.4 Å². The molecule has 1 aromatic rings. The second-order valence-corrected chi connectivity index (χ2v) is 5.56. The first-order chi connectivity index (χ1) is 9.24. The lowest BCUT2D eigenvalue weighted by atomic mass is 9.83. The molecule has 3 nitrogen and oxygen atoms in total. The molecule has 0 amide bonds. The highest BCUT2D eigenvalue weighted by molar-refractivity contribution is 5.37. The van der Waals surface area contributed by atoms with E-state index in [-0.39, 0.29) is 6.04 Å². The summed E-state index contributed by atoms with van der Waals surface area (Å²) in [4.78, 5) is 0. The smallest absolute Gasteiger partial charge is 0.121 e. The van der Waals surface area contributed by atoms with Gasteiger partial charge in [0.2, 0.25) is 0 Å². The van der Waals surface area contributed by atoms with E-state index in [1.165, 1.54) is 36.8 Å². The summed E-state index contributed by atoms with van der Waals surface area (Å²) in [5, 5.41) is 3.58. The largest absolute Gasteiger partial charge is 0.496 e. The maximum absolute atomic E-state index is 5.90. The maximum Gasteiger partial charge on any atom is 0.121 e. The molecular formula is C16H26N2O. The van der Waals surface area contributed by atoms with Crippen molar-refractivity contribution in [3.63, 3.8) is 0 Å². The number of benzene rings is 1. The van der Waals surface area contributed by atoms with Crippen LogP contribution < -0.4 is 15.8 Å². The van der Waals surface area contributed by atoms with Crippen molar-refractivity contribution in [2.75, 3.05) is 20.2 Å². The van der Waals surface area contributed by atoms with Crippen LogP contribution in [0.25, 0.3) is 0 Å². The van der Waals surface area contributed by atoms with Crippen molar-refractivity contribution in [2.24, 2.45) is 11.7 Å². The molecule has 106 valence electrons. The molecule has 1 aliphatic carbocycles. The first-order valence-corrected chi connectivity index (χ1v) is 7.32. The van der Waals surface area contributed by atoms with E-state index in [0.717, 1.165) is 18.2 Å². The average Bonchev–Trinajstić information content (AvgIpc) is 2.37. The summed E-state index contributed by atoms with van der Waals surface area (Å²) in [5.74, 6) is 1.89. The Balaban J connectivity index is 1.90. The molecule has 1 unspecified atom stereocenters. The number of nitrogens with two attached hydrogens (primary N) is 1. The minimum absolute atomic E-state index is 0.254. The van der Waals surface area contributed by atoms with Gasteiger partial charge in [0.1, 0.15) is 5.75 Å². The van der Waals surface area contributed by atoms with Crippen molar-refractivity contribution in [3.8, 4) is 5.75 Å². The molecular weight excluding hydrogens is 236 g/mol. The molecule has 0 heterocycles. The third-order valence-corrected chi connectivity index (χ3v) is 4.23. The van der Waals surface area contributed by atoms with Crippen molar-refractivity contribution >= 4 is 0 Å². The fourth-order valence-corrected chi connectivity index (χ4v) is 2.70. The topological polar surface area (TPSA) is 47.3 Å². The highest BCUT2D eigenvalue weighted by Crippen LogP contribution is 2.29. The summed E-state index contributed by atoms with van der Waals surface area (Å²) >= 11 is 0. The van der Waals surface area contributed by atoms with Crippen LogP contribution in [0.4, 0.5) is 0 Å². The van der Waals surface area contributed by atoms with Gasteiger partial charge in [-0.15, -0.1) is 0 Å². The van der Waals surface area contributed by atoms with E-state index in [1.54, 1.807) is 7.11 Å². The van der Waals surface area contributed by atoms with E-state index in [4.69, 9.17) is 10.5 Å². The fourth-order valence-electron chi connectivity index (χ4n) is 2.70. The van der Waals surface area contributed by atoms with Crippen LogP contribution in [0, 0.1) is 12.8 Å². The molecule has 3 N–H and O–H groups in total. The Labute approximate surface area is 116 Å². The summed E-state index contributed by atoms with van der Waals surface area (Å²) in [6.45, 7) is 3.78. The number of nitrogens with one attached hydrogen (secondary N) is 1. The fraction of sp³-hybridized carbons (Fsp3) is 0.625. The number of methoxy groups -OCH3 is 1. The molecule has 0 bridgehead atoms. The monoisotopic (exact) mass is 262 g/mol. The average molecular weight is 262 g/mol. The first kappa shape index (κ1) is 14.4. The Morgan fingerprint density at radius 2 is 2.21 bits per heavy atom. The van der Waals surface area contributed by atoms with Crippen LogP contribution in [0.3, 0.4) is 0 Å². The third kappa shape index (κ3) is 3.71. The van der Waals surface area contributed by atoms with Crippen molar-refractivity contribution in [1.82, 2.24) is 5.32 Å². The zero-order valence-electron chi connectivity index (χ0n) is 12.1. The van der Waals surface area contributed by atoms with E-state index < -0.39 is 0 Å². The Morgan fingerprint density at radius 1 is 1.42 bits per heavy atom. The minimum Gasteiger partial charge on any atom is -0.496 e. The van der Waals surface area contributed by atoms with Crippen LogP contribution in [0.5, 0.6) is 5.75 Å². The van der Waals surface area contributed by atoms with Crippen LogP contribution in [-0.4, -0.2) is 20.2 Å². The molecule has 1 fully saturated rings. The summed E-state index contributed by atoms with van der Waals surface area (Å²) < 4.78 is 5.30. The van der Waals surface area contributed by atoms with Gasteiger partial charge in [-0.05, 0) is 43.0 Å². The van der Waals surface area contributed by atoms with Crippen LogP contribution in [-0.2, 0) is 0 Å². The van der Waals surface area contributed by atoms with Crippen LogP contribution in [0.1, 0.15) is 42.9 Å². The molecule has 0 spiro atoms. The molecule has 0 saturated heterocycles. The van der Waals surface area contributed by atoms with Crippen molar-refractivity contribution in [2.45, 2.75) is 38.6 Å². The summed E-state index contributed by atoms with van der Waals surface area (Å²) in [6.07, 6.45) is 5.53.